The molecule has 0 aliphatic heterocycles. The van der Waals surface area contributed by atoms with Crippen LogP contribution in [-0.4, -0.2) is 20.8 Å². The van der Waals surface area contributed by atoms with Gasteiger partial charge in [-0.2, -0.15) is 0 Å². The Bertz CT molecular complexity index is 501. The predicted molar refractivity (Wildman–Crippen MR) is 76.1 cm³/mol. The van der Waals surface area contributed by atoms with Crippen LogP contribution in [0.1, 0.15) is 19.3 Å². The summed E-state index contributed by atoms with van der Waals surface area (Å²) in [6, 6.07) is 3.13. The van der Waals surface area contributed by atoms with E-state index in [0.29, 0.717) is 28.6 Å². The van der Waals surface area contributed by atoms with Crippen molar-refractivity contribution < 1.29 is 8.42 Å². The van der Waals surface area contributed by atoms with E-state index in [2.05, 4.69) is 4.72 Å². The molecule has 0 spiro atoms. The van der Waals surface area contributed by atoms with Crippen LogP contribution >= 0.6 is 34.5 Å². The molecule has 1 N–H and O–H groups in total. The van der Waals surface area contributed by atoms with Crippen molar-refractivity contribution in [2.45, 2.75) is 23.5 Å². The number of sulfonamides is 1. The van der Waals surface area contributed by atoms with Gasteiger partial charge in [-0.3, -0.25) is 0 Å². The summed E-state index contributed by atoms with van der Waals surface area (Å²) >= 11 is 12.7. The fourth-order valence-electron chi connectivity index (χ4n) is 2.32. The van der Waals surface area contributed by atoms with E-state index >= 15 is 0 Å². The molecule has 0 saturated heterocycles. The monoisotopic (exact) mass is 327 g/mol. The summed E-state index contributed by atoms with van der Waals surface area (Å²) in [6.45, 7) is 0.467. The molecule has 0 radical (unpaired) electrons. The van der Waals surface area contributed by atoms with Gasteiger partial charge in [-0.25, -0.2) is 13.1 Å². The van der Waals surface area contributed by atoms with Crippen molar-refractivity contribution in [1.29, 1.82) is 0 Å². The van der Waals surface area contributed by atoms with Crippen LogP contribution in [0.3, 0.4) is 0 Å². The van der Waals surface area contributed by atoms with Crippen molar-refractivity contribution in [2.75, 3.05) is 12.4 Å². The van der Waals surface area contributed by atoms with Crippen molar-refractivity contribution in [3.63, 3.8) is 0 Å². The summed E-state index contributed by atoms with van der Waals surface area (Å²) in [5.74, 6) is 1.39. The lowest BCUT2D eigenvalue weighted by molar-refractivity contribution is 0.418. The second-order valence-electron chi connectivity index (χ2n) is 4.52. The van der Waals surface area contributed by atoms with E-state index in [1.807, 2.05) is 0 Å². The molecule has 0 amide bonds. The maximum atomic E-state index is 12.0. The summed E-state index contributed by atoms with van der Waals surface area (Å²) < 4.78 is 27.4. The summed E-state index contributed by atoms with van der Waals surface area (Å²) in [4.78, 5) is 0. The first-order chi connectivity index (χ1) is 8.53. The molecule has 7 heteroatoms. The highest BCUT2D eigenvalue weighted by molar-refractivity contribution is 7.91. The minimum atomic E-state index is -3.42. The number of halogens is 2. The highest BCUT2D eigenvalue weighted by atomic mass is 35.5. The third-order valence-electron chi connectivity index (χ3n) is 3.36. The van der Waals surface area contributed by atoms with Crippen LogP contribution in [0.15, 0.2) is 16.3 Å². The minimum Gasteiger partial charge on any atom is -0.210 e. The minimum absolute atomic E-state index is 0.271. The van der Waals surface area contributed by atoms with E-state index in [1.54, 1.807) is 6.07 Å². The fraction of sp³-hybridized carbons (Fsp3) is 0.636. The van der Waals surface area contributed by atoms with Gasteiger partial charge < -0.3 is 0 Å². The Morgan fingerprint density at radius 3 is 2.67 bits per heavy atom. The first-order valence-corrected chi connectivity index (χ1v) is 9.05. The molecule has 0 aromatic carbocycles. The van der Waals surface area contributed by atoms with Gasteiger partial charge in [0.2, 0.25) is 10.0 Å². The fourth-order valence-corrected chi connectivity index (χ4v) is 5.34. The molecule has 1 aliphatic carbocycles. The van der Waals surface area contributed by atoms with Gasteiger partial charge in [0.05, 0.1) is 4.34 Å². The molecule has 1 fully saturated rings. The highest BCUT2D eigenvalue weighted by Crippen LogP contribution is 2.32. The van der Waals surface area contributed by atoms with Crippen molar-refractivity contribution >= 4 is 44.6 Å². The Labute approximate surface area is 122 Å². The van der Waals surface area contributed by atoms with Gasteiger partial charge in [0.15, 0.2) is 0 Å². The molecule has 18 heavy (non-hydrogen) atoms. The summed E-state index contributed by atoms with van der Waals surface area (Å²) in [6.07, 6.45) is 3.28. The maximum absolute atomic E-state index is 12.0. The second kappa shape index (κ2) is 6.09. The highest BCUT2D eigenvalue weighted by Gasteiger charge is 2.28. The van der Waals surface area contributed by atoms with E-state index in [0.717, 1.165) is 30.6 Å². The average Bonchev–Trinajstić information content (AvgIpc) is 2.94. The average molecular weight is 328 g/mol. The van der Waals surface area contributed by atoms with E-state index in [1.165, 1.54) is 6.07 Å². The molecule has 3 nitrogen and oxygen atoms in total. The Morgan fingerprint density at radius 1 is 1.33 bits per heavy atom. The molecular weight excluding hydrogens is 313 g/mol. The molecule has 2 atom stereocenters. The molecule has 1 saturated carbocycles. The van der Waals surface area contributed by atoms with Gasteiger partial charge >= 0.3 is 0 Å². The van der Waals surface area contributed by atoms with Crippen LogP contribution in [0, 0.1) is 11.8 Å². The van der Waals surface area contributed by atoms with Gasteiger partial charge in [0.25, 0.3) is 0 Å². The summed E-state index contributed by atoms with van der Waals surface area (Å²) in [5, 5.41) is 0. The maximum Gasteiger partial charge on any atom is 0.250 e. The lowest BCUT2D eigenvalue weighted by Crippen LogP contribution is -2.30. The molecule has 102 valence electrons. The lowest BCUT2D eigenvalue weighted by Gasteiger charge is -2.17. The van der Waals surface area contributed by atoms with E-state index in [4.69, 9.17) is 23.2 Å². The molecule has 1 aromatic rings. The van der Waals surface area contributed by atoms with Crippen molar-refractivity contribution in [1.82, 2.24) is 4.72 Å². The zero-order valence-electron chi connectivity index (χ0n) is 9.73. The van der Waals surface area contributed by atoms with Crippen LogP contribution in [0.4, 0.5) is 0 Å². The first-order valence-electron chi connectivity index (χ1n) is 5.84. The Morgan fingerprint density at radius 2 is 2.06 bits per heavy atom. The molecular formula is C11H15Cl2NO2S2. The predicted octanol–water partition coefficient (Wildman–Crippen LogP) is 3.33. The van der Waals surface area contributed by atoms with Gasteiger partial charge in [0.1, 0.15) is 4.21 Å². The van der Waals surface area contributed by atoms with Gasteiger partial charge in [-0.1, -0.05) is 18.0 Å². The largest absolute Gasteiger partial charge is 0.250 e. The number of hydrogen-bond donors (Lipinski definition) is 1. The normalized spacial score (nSPS) is 24.6. The number of rotatable bonds is 5. The van der Waals surface area contributed by atoms with Crippen LogP contribution in [0.2, 0.25) is 4.34 Å². The summed E-state index contributed by atoms with van der Waals surface area (Å²) in [5.41, 5.74) is 0. The van der Waals surface area contributed by atoms with Gasteiger partial charge in [0, 0.05) is 12.4 Å². The van der Waals surface area contributed by atoms with Crippen LogP contribution in [0.5, 0.6) is 0 Å². The molecule has 1 heterocycles. The Balaban J connectivity index is 1.97. The molecule has 2 unspecified atom stereocenters. The zero-order chi connectivity index (χ0) is 13.2. The topological polar surface area (TPSA) is 46.2 Å². The molecule has 1 aromatic heterocycles. The number of hydrogen-bond acceptors (Lipinski definition) is 3. The first kappa shape index (κ1) is 14.6. The summed E-state index contributed by atoms with van der Waals surface area (Å²) in [7, 11) is -3.42. The Hall–Kier alpha value is 0.190. The number of thiophene rings is 1. The lowest BCUT2D eigenvalue weighted by atomic mass is 9.98. The molecule has 0 bridgehead atoms. The van der Waals surface area contributed by atoms with E-state index < -0.39 is 10.0 Å². The zero-order valence-corrected chi connectivity index (χ0v) is 12.9. The SMILES string of the molecule is O=S(=O)(NCC1CCCC1CCl)c1ccc(Cl)s1. The van der Waals surface area contributed by atoms with Gasteiger partial charge in [-0.05, 0) is 36.8 Å². The third-order valence-corrected chi connectivity index (χ3v) is 6.91. The van der Waals surface area contributed by atoms with Crippen molar-refractivity contribution in [3.8, 4) is 0 Å². The second-order valence-corrected chi connectivity index (χ2v) is 8.53. The number of alkyl halides is 1. The van der Waals surface area contributed by atoms with Crippen LogP contribution in [0.25, 0.3) is 0 Å². The van der Waals surface area contributed by atoms with Crippen LogP contribution in [-0.2, 0) is 10.0 Å². The molecule has 2 rings (SSSR count). The smallest absolute Gasteiger partial charge is 0.210 e. The quantitative estimate of drug-likeness (QED) is 0.843. The van der Waals surface area contributed by atoms with Crippen molar-refractivity contribution in [3.05, 3.63) is 16.5 Å². The Kier molecular flexibility index (Phi) is 4.94. The third kappa shape index (κ3) is 3.39. The van der Waals surface area contributed by atoms with Crippen molar-refractivity contribution in [2.24, 2.45) is 11.8 Å². The van der Waals surface area contributed by atoms with Gasteiger partial charge in [-0.15, -0.1) is 22.9 Å². The molecule has 1 aliphatic rings. The standard InChI is InChI=1S/C11H15Cl2NO2S2/c12-6-8-2-1-3-9(8)7-14-18(15,16)11-5-4-10(13)17-11/h4-5,8-9,14H,1-3,6-7H2. The van der Waals surface area contributed by atoms with Crippen LogP contribution < -0.4 is 4.72 Å². The van der Waals surface area contributed by atoms with E-state index in [9.17, 15) is 8.42 Å². The van der Waals surface area contributed by atoms with E-state index in [-0.39, 0.29) is 4.21 Å². The number of nitrogens with one attached hydrogen (secondary N) is 1.